The fraction of sp³-hybridized carbons (Fsp3) is 0.375. The maximum atomic E-state index is 13.4. The van der Waals surface area contributed by atoms with Gasteiger partial charge in [-0.05, 0) is 43.5 Å². The number of halogens is 1. The molecule has 2 aromatic rings. The molecule has 1 unspecified atom stereocenters. The number of aryl methyl sites for hydroxylation is 1. The van der Waals surface area contributed by atoms with E-state index in [-0.39, 0.29) is 17.8 Å². The van der Waals surface area contributed by atoms with Crippen LogP contribution in [0.5, 0.6) is 0 Å². The van der Waals surface area contributed by atoms with Gasteiger partial charge in [-0.3, -0.25) is 9.48 Å². The number of nitrogens with zero attached hydrogens (tertiary/aromatic N) is 3. The number of amides is 1. The van der Waals surface area contributed by atoms with E-state index in [0.29, 0.717) is 12.2 Å². The largest absolute Gasteiger partial charge is 0.330 e. The van der Waals surface area contributed by atoms with Crippen LogP contribution in [0, 0.1) is 5.82 Å². The Labute approximate surface area is 123 Å². The minimum absolute atomic E-state index is 0.0556. The van der Waals surface area contributed by atoms with Gasteiger partial charge in [0, 0.05) is 19.3 Å². The van der Waals surface area contributed by atoms with Crippen LogP contribution in [-0.2, 0) is 6.54 Å². The summed E-state index contributed by atoms with van der Waals surface area (Å²) in [7, 11) is 0. The summed E-state index contributed by atoms with van der Waals surface area (Å²) in [5.74, 6) is -0.337. The van der Waals surface area contributed by atoms with Gasteiger partial charge in [0.2, 0.25) is 0 Å². The highest BCUT2D eigenvalue weighted by atomic mass is 19.1. The molecule has 21 heavy (non-hydrogen) atoms. The molecule has 1 saturated heterocycles. The van der Waals surface area contributed by atoms with E-state index < -0.39 is 0 Å². The average Bonchev–Trinajstić information content (AvgIpc) is 3.15. The van der Waals surface area contributed by atoms with E-state index in [1.165, 1.54) is 12.1 Å². The number of hydrogen-bond acceptors (Lipinski definition) is 2. The highest BCUT2D eigenvalue weighted by Gasteiger charge is 2.31. The van der Waals surface area contributed by atoms with E-state index in [0.717, 1.165) is 24.9 Å². The first-order chi connectivity index (χ1) is 10.2. The number of hydrogen-bond donors (Lipinski definition) is 0. The Morgan fingerprint density at radius 1 is 1.43 bits per heavy atom. The van der Waals surface area contributed by atoms with Crippen molar-refractivity contribution in [2.45, 2.75) is 32.4 Å². The van der Waals surface area contributed by atoms with Gasteiger partial charge in [0.1, 0.15) is 11.5 Å². The van der Waals surface area contributed by atoms with Crippen molar-refractivity contribution in [1.82, 2.24) is 14.7 Å². The smallest absolute Gasteiger partial charge is 0.274 e. The number of benzene rings is 1. The summed E-state index contributed by atoms with van der Waals surface area (Å²) < 4.78 is 15.1. The molecular weight excluding hydrogens is 269 g/mol. The van der Waals surface area contributed by atoms with Crippen molar-refractivity contribution in [3.05, 3.63) is 53.6 Å². The minimum Gasteiger partial charge on any atom is -0.330 e. The van der Waals surface area contributed by atoms with Crippen molar-refractivity contribution in [1.29, 1.82) is 0 Å². The van der Waals surface area contributed by atoms with Gasteiger partial charge in [0.15, 0.2) is 0 Å². The van der Waals surface area contributed by atoms with E-state index in [9.17, 15) is 9.18 Å². The lowest BCUT2D eigenvalue weighted by Gasteiger charge is -2.24. The molecule has 1 fully saturated rings. The van der Waals surface area contributed by atoms with Crippen molar-refractivity contribution < 1.29 is 9.18 Å². The third-order valence-corrected chi connectivity index (χ3v) is 3.93. The molecule has 0 spiro atoms. The summed E-state index contributed by atoms with van der Waals surface area (Å²) in [5.41, 5.74) is 1.32. The molecule has 0 radical (unpaired) electrons. The molecule has 0 N–H and O–H groups in total. The van der Waals surface area contributed by atoms with Crippen LogP contribution in [0.15, 0.2) is 36.5 Å². The first kappa shape index (κ1) is 13.8. The maximum absolute atomic E-state index is 13.4. The standard InChI is InChI=1S/C16H18FN3O/c1-2-19-10-8-14(18-19)16(21)20-9-4-7-15(20)12-5-3-6-13(17)11-12/h3,5-6,8,10-11,15H,2,4,7,9H2,1H3. The van der Waals surface area contributed by atoms with E-state index in [2.05, 4.69) is 5.10 Å². The van der Waals surface area contributed by atoms with Gasteiger partial charge < -0.3 is 4.90 Å². The van der Waals surface area contributed by atoms with Gasteiger partial charge in [0.05, 0.1) is 6.04 Å². The Kier molecular flexibility index (Phi) is 3.73. The summed E-state index contributed by atoms with van der Waals surface area (Å²) in [6.45, 7) is 3.41. The molecule has 110 valence electrons. The predicted octanol–water partition coefficient (Wildman–Crippen LogP) is 3.02. The van der Waals surface area contributed by atoms with Crippen LogP contribution in [-0.4, -0.2) is 27.1 Å². The molecule has 2 heterocycles. The van der Waals surface area contributed by atoms with Gasteiger partial charge in [-0.2, -0.15) is 5.10 Å². The Balaban J connectivity index is 1.85. The zero-order chi connectivity index (χ0) is 14.8. The van der Waals surface area contributed by atoms with Gasteiger partial charge in [0.25, 0.3) is 5.91 Å². The summed E-state index contributed by atoms with van der Waals surface area (Å²) in [5, 5.41) is 4.27. The number of carbonyl (C=O) groups is 1. The molecule has 1 atom stereocenters. The second-order valence-corrected chi connectivity index (χ2v) is 5.27. The summed E-state index contributed by atoms with van der Waals surface area (Å²) in [4.78, 5) is 14.4. The van der Waals surface area contributed by atoms with E-state index >= 15 is 0 Å². The normalized spacial score (nSPS) is 18.2. The van der Waals surface area contributed by atoms with Crippen LogP contribution in [0.2, 0.25) is 0 Å². The van der Waals surface area contributed by atoms with E-state index in [4.69, 9.17) is 0 Å². The van der Waals surface area contributed by atoms with E-state index in [1.807, 2.05) is 13.0 Å². The molecule has 0 saturated carbocycles. The molecule has 1 aliphatic heterocycles. The van der Waals surface area contributed by atoms with Crippen molar-refractivity contribution in [3.8, 4) is 0 Å². The number of carbonyl (C=O) groups excluding carboxylic acids is 1. The highest BCUT2D eigenvalue weighted by molar-refractivity contribution is 5.92. The minimum atomic E-state index is -0.262. The number of aromatic nitrogens is 2. The third-order valence-electron chi connectivity index (χ3n) is 3.93. The van der Waals surface area contributed by atoms with Gasteiger partial charge >= 0.3 is 0 Å². The summed E-state index contributed by atoms with van der Waals surface area (Å²) in [6, 6.07) is 8.20. The van der Waals surface area contributed by atoms with Crippen molar-refractivity contribution in [2.24, 2.45) is 0 Å². The molecule has 1 aromatic carbocycles. The fourth-order valence-corrected chi connectivity index (χ4v) is 2.87. The van der Waals surface area contributed by atoms with Crippen molar-refractivity contribution >= 4 is 5.91 Å². The molecule has 3 rings (SSSR count). The van der Waals surface area contributed by atoms with Crippen LogP contribution in [0.3, 0.4) is 0 Å². The molecule has 0 aliphatic carbocycles. The molecular formula is C16H18FN3O. The van der Waals surface area contributed by atoms with Crippen LogP contribution in [0.4, 0.5) is 4.39 Å². The maximum Gasteiger partial charge on any atom is 0.274 e. The Morgan fingerprint density at radius 2 is 2.29 bits per heavy atom. The van der Waals surface area contributed by atoms with Crippen LogP contribution >= 0.6 is 0 Å². The van der Waals surface area contributed by atoms with Gasteiger partial charge in [-0.1, -0.05) is 12.1 Å². The quantitative estimate of drug-likeness (QED) is 0.870. The topological polar surface area (TPSA) is 38.1 Å². The number of rotatable bonds is 3. The second kappa shape index (κ2) is 5.68. The monoisotopic (exact) mass is 287 g/mol. The molecule has 0 bridgehead atoms. The molecule has 1 amide bonds. The first-order valence-electron chi connectivity index (χ1n) is 7.29. The summed E-state index contributed by atoms with van der Waals surface area (Å²) >= 11 is 0. The zero-order valence-electron chi connectivity index (χ0n) is 12.0. The fourth-order valence-electron chi connectivity index (χ4n) is 2.87. The zero-order valence-corrected chi connectivity index (χ0v) is 12.0. The average molecular weight is 287 g/mol. The van der Waals surface area contributed by atoms with Gasteiger partial charge in [-0.15, -0.1) is 0 Å². The molecule has 4 nitrogen and oxygen atoms in total. The Morgan fingerprint density at radius 3 is 3.00 bits per heavy atom. The Hall–Kier alpha value is -2.17. The van der Waals surface area contributed by atoms with Crippen LogP contribution in [0.25, 0.3) is 0 Å². The second-order valence-electron chi connectivity index (χ2n) is 5.27. The lowest BCUT2D eigenvalue weighted by molar-refractivity contribution is 0.0728. The predicted molar refractivity (Wildman–Crippen MR) is 77.3 cm³/mol. The number of likely N-dealkylation sites (tertiary alicyclic amines) is 1. The molecule has 1 aromatic heterocycles. The molecule has 1 aliphatic rings. The van der Waals surface area contributed by atoms with Gasteiger partial charge in [-0.25, -0.2) is 4.39 Å². The lowest BCUT2D eigenvalue weighted by atomic mass is 10.0. The van der Waals surface area contributed by atoms with Crippen molar-refractivity contribution in [3.63, 3.8) is 0 Å². The summed E-state index contributed by atoms with van der Waals surface area (Å²) in [6.07, 6.45) is 3.60. The third kappa shape index (κ3) is 2.68. The van der Waals surface area contributed by atoms with Crippen molar-refractivity contribution in [2.75, 3.05) is 6.54 Å². The van der Waals surface area contributed by atoms with Crippen LogP contribution < -0.4 is 0 Å². The highest BCUT2D eigenvalue weighted by Crippen LogP contribution is 2.33. The lowest BCUT2D eigenvalue weighted by Crippen LogP contribution is -2.31. The first-order valence-corrected chi connectivity index (χ1v) is 7.29. The molecule has 5 heteroatoms. The van der Waals surface area contributed by atoms with E-state index in [1.54, 1.807) is 27.9 Å². The Bertz CT molecular complexity index is 652. The van der Waals surface area contributed by atoms with Crippen LogP contribution in [0.1, 0.15) is 41.9 Å². The SMILES string of the molecule is CCn1ccc(C(=O)N2CCCC2c2cccc(F)c2)n1.